The highest BCUT2D eigenvalue weighted by Gasteiger charge is 2.42. The summed E-state index contributed by atoms with van der Waals surface area (Å²) in [5, 5.41) is 4.60. The van der Waals surface area contributed by atoms with Crippen LogP contribution >= 0.6 is 7.29 Å². The van der Waals surface area contributed by atoms with Gasteiger partial charge in [0.05, 0.1) is 5.56 Å². The van der Waals surface area contributed by atoms with Crippen LogP contribution in [-0.2, 0) is 10.2 Å². The molecule has 3 nitrogen and oxygen atoms in total. The van der Waals surface area contributed by atoms with E-state index in [0.29, 0.717) is 10.6 Å². The van der Waals surface area contributed by atoms with Gasteiger partial charge in [0.2, 0.25) is 7.29 Å². The molecular weight excluding hydrogens is 339 g/mol. The molecule has 0 aliphatic rings. The van der Waals surface area contributed by atoms with E-state index in [0.717, 1.165) is 11.1 Å². The molecule has 0 saturated heterocycles. The molecule has 0 aliphatic carbocycles. The first kappa shape index (κ1) is 18.1. The third-order valence-corrected chi connectivity index (χ3v) is 7.25. The molecule has 0 aliphatic heterocycles. The van der Waals surface area contributed by atoms with Crippen molar-refractivity contribution < 1.29 is 4.57 Å². The minimum Gasteiger partial charge on any atom is -0.296 e. The number of rotatable bonds is 5. The lowest BCUT2D eigenvalue weighted by molar-refractivity contribution is 0.522. The minimum atomic E-state index is -3.20. The van der Waals surface area contributed by atoms with Gasteiger partial charge < -0.3 is 0 Å². The Morgan fingerprint density at radius 2 is 1.31 bits per heavy atom. The summed E-state index contributed by atoms with van der Waals surface area (Å²) in [4.78, 5) is 3.82. The number of nitrogens with one attached hydrogen (secondary N) is 1. The first-order chi connectivity index (χ1) is 12.5. The van der Waals surface area contributed by atoms with Crippen molar-refractivity contribution in [2.24, 2.45) is 0 Å². The third kappa shape index (κ3) is 3.48. The molecule has 1 atom stereocenters. The van der Waals surface area contributed by atoms with Crippen molar-refractivity contribution in [2.45, 2.75) is 19.5 Å². The van der Waals surface area contributed by atoms with Gasteiger partial charge in [0.1, 0.15) is 0 Å². The second kappa shape index (κ2) is 7.30. The van der Waals surface area contributed by atoms with Crippen molar-refractivity contribution >= 4 is 17.9 Å². The van der Waals surface area contributed by atoms with E-state index in [9.17, 15) is 4.57 Å². The van der Waals surface area contributed by atoms with Crippen molar-refractivity contribution in [1.29, 1.82) is 0 Å². The first-order valence-corrected chi connectivity index (χ1v) is 10.2. The van der Waals surface area contributed by atoms with E-state index in [4.69, 9.17) is 6.57 Å². The number of nitrogens with zero attached hydrogens (tertiary/aromatic N) is 1. The predicted molar refractivity (Wildman–Crippen MR) is 108 cm³/mol. The maximum Gasteiger partial charge on any atom is 0.315 e. The smallest absolute Gasteiger partial charge is 0.296 e. The predicted octanol–water partition coefficient (Wildman–Crippen LogP) is 4.61. The molecule has 0 heterocycles. The van der Waals surface area contributed by atoms with Crippen LogP contribution in [0.15, 0.2) is 84.9 Å². The molecule has 0 aromatic heterocycles. The van der Waals surface area contributed by atoms with Crippen molar-refractivity contribution in [1.82, 2.24) is 5.09 Å². The molecule has 3 rings (SSSR count). The van der Waals surface area contributed by atoms with E-state index in [1.165, 1.54) is 0 Å². The Morgan fingerprint density at radius 1 is 0.846 bits per heavy atom. The van der Waals surface area contributed by atoms with Gasteiger partial charge in [-0.3, -0.25) is 9.41 Å². The fourth-order valence-corrected chi connectivity index (χ4v) is 5.43. The summed E-state index contributed by atoms with van der Waals surface area (Å²) in [6.45, 7) is 11.6. The monoisotopic (exact) mass is 360 g/mol. The van der Waals surface area contributed by atoms with Gasteiger partial charge in [-0.25, -0.2) is 6.57 Å². The molecule has 0 bridgehead atoms. The van der Waals surface area contributed by atoms with Crippen LogP contribution in [0.4, 0.5) is 0 Å². The Bertz CT molecular complexity index is 919. The average molecular weight is 360 g/mol. The summed E-state index contributed by atoms with van der Waals surface area (Å²) in [6.07, 6.45) is 0. The average Bonchev–Trinajstić information content (AvgIpc) is 2.69. The van der Waals surface area contributed by atoms with Crippen LogP contribution in [-0.4, -0.2) is 0 Å². The van der Waals surface area contributed by atoms with Crippen molar-refractivity contribution in [3.05, 3.63) is 107 Å². The lowest BCUT2D eigenvalue weighted by atomic mass is 10.0. The summed E-state index contributed by atoms with van der Waals surface area (Å²) in [7, 11) is -3.20. The fraction of sp³-hybridized carbons (Fsp3) is 0.136. The lowest BCUT2D eigenvalue weighted by Gasteiger charge is -2.27. The molecule has 0 radical (unpaired) electrons. The normalized spacial score (nSPS) is 13.6. The van der Waals surface area contributed by atoms with Crippen LogP contribution in [0.5, 0.6) is 0 Å². The first-order valence-electron chi connectivity index (χ1n) is 8.44. The Hall–Kier alpha value is -2.66. The second-order valence-corrected chi connectivity index (χ2v) is 8.92. The zero-order valence-corrected chi connectivity index (χ0v) is 15.8. The van der Waals surface area contributed by atoms with E-state index in [-0.39, 0.29) is 0 Å². The summed E-state index contributed by atoms with van der Waals surface area (Å²) >= 11 is 0. The van der Waals surface area contributed by atoms with Gasteiger partial charge in [0, 0.05) is 17.5 Å². The van der Waals surface area contributed by atoms with Gasteiger partial charge >= 0.3 is 5.66 Å². The van der Waals surface area contributed by atoms with Crippen molar-refractivity contribution in [2.75, 3.05) is 0 Å². The number of benzene rings is 3. The Balaban J connectivity index is 2.13. The molecule has 4 heteroatoms. The van der Waals surface area contributed by atoms with E-state index in [2.05, 4.69) is 9.93 Å². The molecule has 0 unspecified atom stereocenters. The summed E-state index contributed by atoms with van der Waals surface area (Å²) in [5.41, 5.74) is 0.815. The lowest BCUT2D eigenvalue weighted by Crippen LogP contribution is -2.40. The van der Waals surface area contributed by atoms with Gasteiger partial charge in [-0.15, -0.1) is 0 Å². The molecule has 0 saturated carbocycles. The second-order valence-electron chi connectivity index (χ2n) is 6.44. The summed E-state index contributed by atoms with van der Waals surface area (Å²) in [5.74, 6) is 0. The molecule has 1 N–H and O–H groups in total. The van der Waals surface area contributed by atoms with Crippen molar-refractivity contribution in [3.63, 3.8) is 0 Å². The highest BCUT2D eigenvalue weighted by Crippen LogP contribution is 2.44. The van der Waals surface area contributed by atoms with Gasteiger partial charge in [0.25, 0.3) is 0 Å². The van der Waals surface area contributed by atoms with Crippen LogP contribution in [0, 0.1) is 13.5 Å². The minimum absolute atomic E-state index is 0.688. The number of hydrogen-bond acceptors (Lipinski definition) is 1. The van der Waals surface area contributed by atoms with Gasteiger partial charge in [-0.2, -0.15) is 5.09 Å². The van der Waals surface area contributed by atoms with Gasteiger partial charge in [0.15, 0.2) is 0 Å². The molecule has 0 spiro atoms. The van der Waals surface area contributed by atoms with Crippen LogP contribution in [0.1, 0.15) is 18.1 Å². The molecule has 0 amide bonds. The highest BCUT2D eigenvalue weighted by atomic mass is 31.2. The Kier molecular flexibility index (Phi) is 5.09. The van der Waals surface area contributed by atoms with Crippen LogP contribution in [0.3, 0.4) is 0 Å². The Morgan fingerprint density at radius 3 is 1.73 bits per heavy atom. The highest BCUT2D eigenvalue weighted by molar-refractivity contribution is 7.77. The largest absolute Gasteiger partial charge is 0.315 e. The molecule has 26 heavy (non-hydrogen) atoms. The standard InChI is InChI=1S/C22H21N2OP/c1-18-14-16-19(17-15-18)22(2,23-3)24-26(25,20-10-6-4-7-11-20)21-12-8-5-9-13-21/h4-17H,1-2H3,(H,24,25)/t22-/m1/s1. The Labute approximate surface area is 155 Å². The van der Waals surface area contributed by atoms with E-state index >= 15 is 0 Å². The number of hydrogen-bond donors (Lipinski definition) is 1. The van der Waals surface area contributed by atoms with Crippen molar-refractivity contribution in [3.8, 4) is 0 Å². The molecule has 0 fully saturated rings. The third-order valence-electron chi connectivity index (χ3n) is 4.45. The topological polar surface area (TPSA) is 33.5 Å². The zero-order chi connectivity index (χ0) is 18.6. The van der Waals surface area contributed by atoms with Gasteiger partial charge in [-0.05, 0) is 43.3 Å². The SMILES string of the molecule is [C-]#[N+][C@](C)(NP(=O)(c1ccccc1)c1ccccc1)c1ccc(C)cc1. The molecule has 130 valence electrons. The van der Waals surface area contributed by atoms with E-state index in [1.807, 2.05) is 91.9 Å². The van der Waals surface area contributed by atoms with E-state index in [1.54, 1.807) is 6.92 Å². The summed E-state index contributed by atoms with van der Waals surface area (Å²) < 4.78 is 14.2. The van der Waals surface area contributed by atoms with Crippen LogP contribution in [0.2, 0.25) is 0 Å². The van der Waals surface area contributed by atoms with Gasteiger partial charge in [-0.1, -0.05) is 54.1 Å². The van der Waals surface area contributed by atoms with E-state index < -0.39 is 13.0 Å². The summed E-state index contributed by atoms with van der Waals surface area (Å²) in [6, 6.07) is 26.4. The maximum absolute atomic E-state index is 14.2. The molecule has 3 aromatic rings. The molecule has 3 aromatic carbocycles. The molecular formula is C22H21N2OP. The maximum atomic E-state index is 14.2. The zero-order valence-electron chi connectivity index (χ0n) is 14.9. The quantitative estimate of drug-likeness (QED) is 0.533. The fourth-order valence-electron chi connectivity index (χ4n) is 2.89. The van der Waals surface area contributed by atoms with Crippen LogP contribution < -0.4 is 15.7 Å². The number of aryl methyl sites for hydroxylation is 1. The van der Waals surface area contributed by atoms with Crippen LogP contribution in [0.25, 0.3) is 4.85 Å².